The number of carboxylic acid groups (broad SMARTS) is 2. The Morgan fingerprint density at radius 3 is 2.32 bits per heavy atom. The van der Waals surface area contributed by atoms with Gasteiger partial charge in [-0.05, 0) is 0 Å². The number of carbonyl (C=O) groups excluding carboxylic acids is 1. The predicted molar refractivity (Wildman–Crippen MR) is 60.3 cm³/mol. The van der Waals surface area contributed by atoms with Gasteiger partial charge in [0.1, 0.15) is 13.1 Å². The first-order valence-electron chi connectivity index (χ1n) is 5.29. The lowest BCUT2D eigenvalue weighted by Gasteiger charge is -2.18. The fourth-order valence-electron chi connectivity index (χ4n) is 1.27. The van der Waals surface area contributed by atoms with Crippen molar-refractivity contribution in [2.45, 2.75) is 6.54 Å². The van der Waals surface area contributed by atoms with E-state index >= 15 is 0 Å². The Balaban J connectivity index is 2.42. The van der Waals surface area contributed by atoms with Gasteiger partial charge in [-0.25, -0.2) is 4.79 Å². The molecule has 0 saturated heterocycles. The van der Waals surface area contributed by atoms with E-state index in [1.807, 2.05) is 0 Å². The van der Waals surface area contributed by atoms with Crippen LogP contribution in [0.2, 0.25) is 0 Å². The molecule has 0 atom stereocenters. The fourth-order valence-corrected chi connectivity index (χ4v) is 1.27. The lowest BCUT2D eigenvalue weighted by molar-refractivity contribution is -0.140. The van der Waals surface area contributed by atoms with Gasteiger partial charge < -0.3 is 20.4 Å². The summed E-state index contributed by atoms with van der Waals surface area (Å²) in [6.07, 6.45) is 3.07. The van der Waals surface area contributed by atoms with Crippen molar-refractivity contribution >= 4 is 18.0 Å². The molecule has 0 saturated carbocycles. The van der Waals surface area contributed by atoms with Gasteiger partial charge in [0, 0.05) is 12.7 Å². The molecule has 0 aromatic carbocycles. The Bertz CT molecular complexity index is 430. The van der Waals surface area contributed by atoms with Gasteiger partial charge in [0.05, 0.1) is 12.7 Å². The number of aromatic nitrogens is 3. The molecule has 0 radical (unpaired) electrons. The summed E-state index contributed by atoms with van der Waals surface area (Å²) in [6, 6.07) is -0.759. The average molecular weight is 271 g/mol. The van der Waals surface area contributed by atoms with E-state index in [9.17, 15) is 14.4 Å². The second-order valence-corrected chi connectivity index (χ2v) is 3.54. The molecule has 104 valence electrons. The second-order valence-electron chi connectivity index (χ2n) is 3.54. The lowest BCUT2D eigenvalue weighted by Crippen LogP contribution is -2.46. The largest absolute Gasteiger partial charge is 0.480 e. The summed E-state index contributed by atoms with van der Waals surface area (Å²) in [6.45, 7) is -0.833. The summed E-state index contributed by atoms with van der Waals surface area (Å²) in [5.74, 6) is -2.57. The van der Waals surface area contributed by atoms with Gasteiger partial charge in [-0.3, -0.25) is 14.3 Å². The van der Waals surface area contributed by atoms with Crippen LogP contribution in [0.1, 0.15) is 0 Å². The molecule has 1 aromatic heterocycles. The maximum Gasteiger partial charge on any atom is 0.323 e. The Kier molecular flexibility index (Phi) is 5.26. The molecule has 10 heteroatoms. The van der Waals surface area contributed by atoms with Crippen LogP contribution >= 0.6 is 0 Å². The zero-order chi connectivity index (χ0) is 14.3. The summed E-state index contributed by atoms with van der Waals surface area (Å²) in [7, 11) is 0. The van der Waals surface area contributed by atoms with E-state index in [0.717, 1.165) is 0 Å². The van der Waals surface area contributed by atoms with E-state index in [0.29, 0.717) is 11.4 Å². The molecule has 1 rings (SSSR count). The van der Waals surface area contributed by atoms with Gasteiger partial charge in [0.15, 0.2) is 0 Å². The summed E-state index contributed by atoms with van der Waals surface area (Å²) >= 11 is 0. The van der Waals surface area contributed by atoms with Crippen LogP contribution in [0.25, 0.3) is 0 Å². The fraction of sp³-hybridized carbons (Fsp3) is 0.444. The molecule has 2 amide bonds. The van der Waals surface area contributed by atoms with E-state index in [2.05, 4.69) is 15.6 Å². The van der Waals surface area contributed by atoms with Crippen molar-refractivity contribution in [3.63, 3.8) is 0 Å². The molecule has 0 aliphatic heterocycles. The van der Waals surface area contributed by atoms with Crippen molar-refractivity contribution in [1.29, 1.82) is 0 Å². The topological polar surface area (TPSA) is 138 Å². The maximum absolute atomic E-state index is 11.6. The number of urea groups is 1. The quantitative estimate of drug-likeness (QED) is 0.546. The molecule has 0 aliphatic rings. The standard InChI is InChI=1S/C9H13N5O5/c15-7(16)5-13(6-8(17)18)9(19)10-1-3-14-4-2-11-12-14/h2,4H,1,3,5-6H2,(H,10,19)(H,15,16)(H,17,18). The number of amides is 2. The number of hydrogen-bond acceptors (Lipinski definition) is 5. The summed E-state index contributed by atoms with van der Waals surface area (Å²) in [5, 5.41) is 26.8. The minimum atomic E-state index is -1.28. The number of hydrogen-bond donors (Lipinski definition) is 3. The number of aliphatic carboxylic acids is 2. The Morgan fingerprint density at radius 2 is 1.84 bits per heavy atom. The lowest BCUT2D eigenvalue weighted by atomic mass is 10.5. The van der Waals surface area contributed by atoms with E-state index in [-0.39, 0.29) is 6.54 Å². The molecule has 3 N–H and O–H groups in total. The first kappa shape index (κ1) is 14.4. The molecule has 0 unspecified atom stereocenters. The number of carboxylic acids is 2. The third kappa shape index (κ3) is 5.48. The van der Waals surface area contributed by atoms with Crippen molar-refractivity contribution < 1.29 is 24.6 Å². The van der Waals surface area contributed by atoms with Crippen molar-refractivity contribution in [3.05, 3.63) is 12.4 Å². The van der Waals surface area contributed by atoms with Gasteiger partial charge >= 0.3 is 18.0 Å². The van der Waals surface area contributed by atoms with Crippen LogP contribution in [0.4, 0.5) is 4.79 Å². The molecule has 0 spiro atoms. The van der Waals surface area contributed by atoms with E-state index in [1.54, 1.807) is 6.20 Å². The van der Waals surface area contributed by atoms with E-state index in [1.165, 1.54) is 10.9 Å². The highest BCUT2D eigenvalue weighted by molar-refractivity contribution is 5.84. The Labute approximate surface area is 107 Å². The SMILES string of the molecule is O=C(O)CN(CC(=O)O)C(=O)NCCn1ccnn1. The normalized spacial score (nSPS) is 9.89. The van der Waals surface area contributed by atoms with Gasteiger partial charge in [0.25, 0.3) is 0 Å². The van der Waals surface area contributed by atoms with Crippen LogP contribution in [-0.4, -0.2) is 67.7 Å². The highest BCUT2D eigenvalue weighted by atomic mass is 16.4. The van der Waals surface area contributed by atoms with Crippen LogP contribution in [-0.2, 0) is 16.1 Å². The van der Waals surface area contributed by atoms with Gasteiger partial charge in [-0.2, -0.15) is 0 Å². The third-order valence-electron chi connectivity index (χ3n) is 2.03. The first-order valence-corrected chi connectivity index (χ1v) is 5.29. The average Bonchev–Trinajstić information content (AvgIpc) is 2.79. The molecule has 1 heterocycles. The van der Waals surface area contributed by atoms with E-state index < -0.39 is 31.1 Å². The highest BCUT2D eigenvalue weighted by Crippen LogP contribution is 1.90. The Hall–Kier alpha value is -2.65. The van der Waals surface area contributed by atoms with Crippen LogP contribution < -0.4 is 5.32 Å². The van der Waals surface area contributed by atoms with Crippen LogP contribution in [0.15, 0.2) is 12.4 Å². The van der Waals surface area contributed by atoms with Crippen molar-refractivity contribution in [3.8, 4) is 0 Å². The van der Waals surface area contributed by atoms with Crippen molar-refractivity contribution in [2.75, 3.05) is 19.6 Å². The maximum atomic E-state index is 11.6. The zero-order valence-electron chi connectivity index (χ0n) is 9.89. The Morgan fingerprint density at radius 1 is 1.21 bits per heavy atom. The molecule has 19 heavy (non-hydrogen) atoms. The summed E-state index contributed by atoms with van der Waals surface area (Å²) < 4.78 is 1.47. The highest BCUT2D eigenvalue weighted by Gasteiger charge is 2.18. The second kappa shape index (κ2) is 6.93. The number of carbonyl (C=O) groups is 3. The molecule has 1 aromatic rings. The molecular weight excluding hydrogens is 258 g/mol. The third-order valence-corrected chi connectivity index (χ3v) is 2.03. The number of nitrogens with one attached hydrogen (secondary N) is 1. The van der Waals surface area contributed by atoms with Crippen molar-refractivity contribution in [1.82, 2.24) is 25.2 Å². The predicted octanol–water partition coefficient (Wildman–Crippen LogP) is -1.54. The number of rotatable bonds is 7. The van der Waals surface area contributed by atoms with Crippen LogP contribution in [0, 0.1) is 0 Å². The molecule has 0 aliphatic carbocycles. The van der Waals surface area contributed by atoms with Crippen LogP contribution in [0.5, 0.6) is 0 Å². The minimum absolute atomic E-state index is 0.179. The monoisotopic (exact) mass is 271 g/mol. The van der Waals surface area contributed by atoms with Gasteiger partial charge in [-0.1, -0.05) is 5.21 Å². The smallest absolute Gasteiger partial charge is 0.323 e. The van der Waals surface area contributed by atoms with Gasteiger partial charge in [0.2, 0.25) is 0 Å². The zero-order valence-corrected chi connectivity index (χ0v) is 9.89. The molecule has 0 fully saturated rings. The number of nitrogens with zero attached hydrogens (tertiary/aromatic N) is 4. The summed E-state index contributed by atoms with van der Waals surface area (Å²) in [5.41, 5.74) is 0. The van der Waals surface area contributed by atoms with Crippen LogP contribution in [0.3, 0.4) is 0 Å². The molecule has 0 bridgehead atoms. The molecular formula is C9H13N5O5. The summed E-state index contributed by atoms with van der Waals surface area (Å²) in [4.78, 5) is 33.3. The first-order chi connectivity index (χ1) is 8.99. The van der Waals surface area contributed by atoms with Crippen molar-refractivity contribution in [2.24, 2.45) is 0 Å². The van der Waals surface area contributed by atoms with E-state index in [4.69, 9.17) is 10.2 Å². The molecule has 10 nitrogen and oxygen atoms in total. The minimum Gasteiger partial charge on any atom is -0.480 e. The van der Waals surface area contributed by atoms with Gasteiger partial charge in [-0.15, -0.1) is 5.10 Å².